The largest absolute Gasteiger partial charge is 0.346 e. The topological polar surface area (TPSA) is 130 Å². The summed E-state index contributed by atoms with van der Waals surface area (Å²) in [7, 11) is 0. The molecule has 0 saturated heterocycles. The van der Waals surface area contributed by atoms with Gasteiger partial charge in [0.2, 0.25) is 5.91 Å². The normalized spacial score (nSPS) is 11.9. The van der Waals surface area contributed by atoms with E-state index in [1.807, 2.05) is 0 Å². The fourth-order valence-electron chi connectivity index (χ4n) is 0.978. The van der Waals surface area contributed by atoms with Crippen molar-refractivity contribution in [3.05, 3.63) is 0 Å². The highest BCUT2D eigenvalue weighted by Crippen LogP contribution is 1.97. The van der Waals surface area contributed by atoms with Crippen LogP contribution in [-0.4, -0.2) is 36.2 Å². The molecule has 0 aromatic heterocycles. The molecule has 1 atom stereocenters. The molecule has 0 heterocycles. The molecule has 0 aliphatic heterocycles. The van der Waals surface area contributed by atoms with Crippen LogP contribution < -0.4 is 22.3 Å². The number of nitrogens with one attached hydrogen (secondary N) is 2. The molecule has 0 bridgehead atoms. The number of carbonyl (C=O) groups excluding carboxylic acids is 2. The maximum Gasteiger partial charge on any atom is 0.262 e. The fraction of sp³-hybridized carbons (Fsp3) is 0.750. The van der Waals surface area contributed by atoms with E-state index in [-0.39, 0.29) is 6.54 Å². The molecule has 0 fully saturated rings. The summed E-state index contributed by atoms with van der Waals surface area (Å²) >= 11 is 0. The predicted molar refractivity (Wildman–Crippen MR) is 53.8 cm³/mol. The Balaban J connectivity index is 3.64. The van der Waals surface area contributed by atoms with E-state index in [1.165, 1.54) is 5.48 Å². The first-order valence-corrected chi connectivity index (χ1v) is 4.78. The van der Waals surface area contributed by atoms with Crippen molar-refractivity contribution in [1.29, 1.82) is 0 Å². The maximum absolute atomic E-state index is 11.2. The quantitative estimate of drug-likeness (QED) is 0.193. The molecule has 7 N–H and O–H groups in total. The van der Waals surface area contributed by atoms with Crippen LogP contribution in [0.5, 0.6) is 0 Å². The third kappa shape index (κ3) is 6.83. The van der Waals surface area contributed by atoms with Gasteiger partial charge in [-0.15, -0.1) is 0 Å². The molecule has 2 amide bonds. The number of unbranched alkanes of at least 4 members (excludes halogenated alkanes) is 1. The molecule has 88 valence electrons. The molecular formula is C8H18N4O3. The molecule has 0 aliphatic carbocycles. The van der Waals surface area contributed by atoms with E-state index in [2.05, 4.69) is 5.32 Å². The lowest BCUT2D eigenvalue weighted by molar-refractivity contribution is -0.131. The first-order valence-electron chi connectivity index (χ1n) is 4.78. The van der Waals surface area contributed by atoms with Crippen LogP contribution in [0.4, 0.5) is 0 Å². The van der Waals surface area contributed by atoms with Gasteiger partial charge in [0, 0.05) is 0 Å². The van der Waals surface area contributed by atoms with Crippen molar-refractivity contribution in [2.45, 2.75) is 25.3 Å². The number of carbonyl (C=O) groups is 2. The van der Waals surface area contributed by atoms with Gasteiger partial charge >= 0.3 is 0 Å². The molecule has 7 nitrogen and oxygen atoms in total. The Kier molecular flexibility index (Phi) is 7.51. The van der Waals surface area contributed by atoms with Crippen molar-refractivity contribution in [3.8, 4) is 0 Å². The molecule has 7 heteroatoms. The van der Waals surface area contributed by atoms with Gasteiger partial charge in [0.25, 0.3) is 5.91 Å². The highest BCUT2D eigenvalue weighted by molar-refractivity contribution is 5.86. The summed E-state index contributed by atoms with van der Waals surface area (Å²) in [6.45, 7) is 0.293. The SMILES string of the molecule is NCCCC[C@H](N)C(=O)NCC(=O)NO. The van der Waals surface area contributed by atoms with E-state index in [4.69, 9.17) is 16.7 Å². The summed E-state index contributed by atoms with van der Waals surface area (Å²) in [5.74, 6) is -1.09. The van der Waals surface area contributed by atoms with Crippen LogP contribution in [0.3, 0.4) is 0 Å². The van der Waals surface area contributed by atoms with Crippen molar-refractivity contribution in [3.63, 3.8) is 0 Å². The van der Waals surface area contributed by atoms with Crippen LogP contribution >= 0.6 is 0 Å². The van der Waals surface area contributed by atoms with Crippen molar-refractivity contribution >= 4 is 11.8 Å². The van der Waals surface area contributed by atoms with Crippen molar-refractivity contribution < 1.29 is 14.8 Å². The maximum atomic E-state index is 11.2. The Hall–Kier alpha value is -1.18. The zero-order valence-electron chi connectivity index (χ0n) is 8.53. The number of hydroxylamine groups is 1. The molecule has 0 unspecified atom stereocenters. The number of amides is 2. The Morgan fingerprint density at radius 3 is 2.53 bits per heavy atom. The fourth-order valence-corrected chi connectivity index (χ4v) is 0.978. The molecule has 0 aromatic carbocycles. The van der Waals surface area contributed by atoms with E-state index in [0.29, 0.717) is 13.0 Å². The second-order valence-corrected chi connectivity index (χ2v) is 3.14. The van der Waals surface area contributed by atoms with Gasteiger partial charge in [-0.3, -0.25) is 14.8 Å². The molecule has 0 aromatic rings. The zero-order valence-corrected chi connectivity index (χ0v) is 8.53. The Morgan fingerprint density at radius 2 is 2.00 bits per heavy atom. The minimum absolute atomic E-state index is 0.278. The third-order valence-corrected chi connectivity index (χ3v) is 1.85. The van der Waals surface area contributed by atoms with Gasteiger partial charge in [0.05, 0.1) is 12.6 Å². The van der Waals surface area contributed by atoms with Crippen LogP contribution in [0.1, 0.15) is 19.3 Å². The predicted octanol–water partition coefficient (Wildman–Crippen LogP) is -1.94. The highest BCUT2D eigenvalue weighted by Gasteiger charge is 2.13. The summed E-state index contributed by atoms with van der Waals surface area (Å²) in [4.78, 5) is 21.8. The molecule has 15 heavy (non-hydrogen) atoms. The smallest absolute Gasteiger partial charge is 0.262 e. The Bertz CT molecular complexity index is 210. The van der Waals surface area contributed by atoms with Crippen LogP contribution in [0.2, 0.25) is 0 Å². The van der Waals surface area contributed by atoms with Gasteiger partial charge in [0.15, 0.2) is 0 Å². The lowest BCUT2D eigenvalue weighted by Gasteiger charge is -2.10. The average molecular weight is 218 g/mol. The van der Waals surface area contributed by atoms with Gasteiger partial charge in [-0.25, -0.2) is 5.48 Å². The summed E-state index contributed by atoms with van der Waals surface area (Å²) in [5, 5.41) is 10.5. The molecule has 0 radical (unpaired) electrons. The van der Waals surface area contributed by atoms with Crippen LogP contribution in [0.15, 0.2) is 0 Å². The minimum atomic E-state index is -0.683. The zero-order chi connectivity index (χ0) is 11.7. The lowest BCUT2D eigenvalue weighted by Crippen LogP contribution is -2.44. The summed E-state index contributed by atoms with van der Waals surface area (Å²) in [6, 6.07) is -0.636. The van der Waals surface area contributed by atoms with Crippen LogP contribution in [0, 0.1) is 0 Å². The lowest BCUT2D eigenvalue weighted by atomic mass is 10.1. The van der Waals surface area contributed by atoms with Gasteiger partial charge < -0.3 is 16.8 Å². The van der Waals surface area contributed by atoms with E-state index in [1.54, 1.807) is 0 Å². The monoisotopic (exact) mass is 218 g/mol. The van der Waals surface area contributed by atoms with E-state index in [9.17, 15) is 9.59 Å². The van der Waals surface area contributed by atoms with Gasteiger partial charge in [-0.05, 0) is 19.4 Å². The van der Waals surface area contributed by atoms with Crippen LogP contribution in [0.25, 0.3) is 0 Å². The molecule has 0 rings (SSSR count). The van der Waals surface area contributed by atoms with Crippen molar-refractivity contribution in [2.75, 3.05) is 13.1 Å². The van der Waals surface area contributed by atoms with E-state index < -0.39 is 17.9 Å². The van der Waals surface area contributed by atoms with E-state index in [0.717, 1.165) is 12.8 Å². The summed E-state index contributed by atoms with van der Waals surface area (Å²) < 4.78 is 0. The van der Waals surface area contributed by atoms with Crippen LogP contribution in [-0.2, 0) is 9.59 Å². The van der Waals surface area contributed by atoms with Crippen molar-refractivity contribution in [2.24, 2.45) is 11.5 Å². The molecule has 0 spiro atoms. The van der Waals surface area contributed by atoms with E-state index >= 15 is 0 Å². The van der Waals surface area contributed by atoms with Gasteiger partial charge in [-0.1, -0.05) is 6.42 Å². The summed E-state index contributed by atoms with van der Waals surface area (Å²) in [6.07, 6.45) is 2.12. The van der Waals surface area contributed by atoms with Gasteiger partial charge in [0.1, 0.15) is 0 Å². The number of nitrogens with two attached hydrogens (primary N) is 2. The molecule has 0 aliphatic rings. The number of hydrogen-bond acceptors (Lipinski definition) is 5. The Morgan fingerprint density at radius 1 is 1.33 bits per heavy atom. The second kappa shape index (κ2) is 8.16. The average Bonchev–Trinajstić information content (AvgIpc) is 2.25. The second-order valence-electron chi connectivity index (χ2n) is 3.14. The first kappa shape index (κ1) is 13.8. The summed E-state index contributed by atoms with van der Waals surface area (Å²) in [5.41, 5.74) is 12.2. The first-order chi connectivity index (χ1) is 7.11. The van der Waals surface area contributed by atoms with Crippen molar-refractivity contribution in [1.82, 2.24) is 10.8 Å². The number of hydrogen-bond donors (Lipinski definition) is 5. The highest BCUT2D eigenvalue weighted by atomic mass is 16.5. The third-order valence-electron chi connectivity index (χ3n) is 1.85. The molecule has 0 saturated carbocycles. The Labute approximate surface area is 88.1 Å². The number of rotatable bonds is 7. The standard InChI is InChI=1S/C8H18N4O3/c9-4-2-1-3-6(10)8(14)11-5-7(13)12-15/h6,15H,1-5,9-10H2,(H,11,14)(H,12,13)/t6-/m0/s1. The molecular weight excluding hydrogens is 200 g/mol. The van der Waals surface area contributed by atoms with Gasteiger partial charge in [-0.2, -0.15) is 0 Å². The minimum Gasteiger partial charge on any atom is -0.346 e.